The highest BCUT2D eigenvalue weighted by atomic mass is 35.5. The lowest BCUT2D eigenvalue weighted by atomic mass is 9.99. The first kappa shape index (κ1) is 20.3. The quantitative estimate of drug-likeness (QED) is 0.396. The molecule has 7 heteroatoms. The van der Waals surface area contributed by atoms with Crippen molar-refractivity contribution in [2.45, 2.75) is 27.7 Å². The van der Waals surface area contributed by atoms with Crippen LogP contribution in [0.15, 0.2) is 47.3 Å². The standard InChI is InChI=1S/C14H10ClN5O.2C2H6/c15-12-6-8(3-4-18-12)13(17)10-5-9(1-2-11(10)16)14-20-19-7-21-14;2*1-2/h1-7,17H,16H2;2*1-2H3. The second-order valence-electron chi connectivity index (χ2n) is 4.29. The van der Waals surface area contributed by atoms with E-state index in [0.717, 1.165) is 0 Å². The molecule has 6 nitrogen and oxygen atoms in total. The number of rotatable bonds is 3. The van der Waals surface area contributed by atoms with Crippen LogP contribution in [0.1, 0.15) is 38.8 Å². The lowest BCUT2D eigenvalue weighted by molar-refractivity contribution is 0.568. The molecule has 2 heterocycles. The molecule has 0 saturated heterocycles. The molecule has 1 aromatic carbocycles. The SMILES string of the molecule is CC.CC.N=C(c1ccnc(Cl)c1)c1cc(-c2nnco2)ccc1N. The van der Waals surface area contributed by atoms with Crippen LogP contribution in [0.4, 0.5) is 5.69 Å². The number of nitrogen functional groups attached to an aromatic ring is 1. The van der Waals surface area contributed by atoms with Gasteiger partial charge in [0.05, 0.1) is 5.71 Å². The van der Waals surface area contributed by atoms with Crippen LogP contribution in [0.2, 0.25) is 5.15 Å². The van der Waals surface area contributed by atoms with E-state index < -0.39 is 0 Å². The van der Waals surface area contributed by atoms with Gasteiger partial charge in [-0.2, -0.15) is 0 Å². The minimum absolute atomic E-state index is 0.248. The number of anilines is 1. The van der Waals surface area contributed by atoms with Crippen LogP contribution in [0.5, 0.6) is 0 Å². The molecule has 0 amide bonds. The van der Waals surface area contributed by atoms with E-state index in [1.54, 1.807) is 36.5 Å². The van der Waals surface area contributed by atoms with Gasteiger partial charge in [0, 0.05) is 28.6 Å². The first-order chi connectivity index (χ1) is 12.1. The summed E-state index contributed by atoms with van der Waals surface area (Å²) in [7, 11) is 0. The van der Waals surface area contributed by atoms with Crippen molar-refractivity contribution in [1.82, 2.24) is 15.2 Å². The monoisotopic (exact) mass is 359 g/mol. The third-order valence-electron chi connectivity index (χ3n) is 2.94. The van der Waals surface area contributed by atoms with Crippen molar-refractivity contribution in [2.24, 2.45) is 0 Å². The number of nitrogens with zero attached hydrogens (tertiary/aromatic N) is 3. The van der Waals surface area contributed by atoms with Gasteiger partial charge in [0.2, 0.25) is 12.3 Å². The van der Waals surface area contributed by atoms with Gasteiger partial charge in [-0.1, -0.05) is 39.3 Å². The molecule has 0 aliphatic carbocycles. The zero-order valence-electron chi connectivity index (χ0n) is 14.7. The van der Waals surface area contributed by atoms with Gasteiger partial charge < -0.3 is 10.2 Å². The summed E-state index contributed by atoms with van der Waals surface area (Å²) in [6.45, 7) is 8.00. The molecule has 0 saturated carbocycles. The van der Waals surface area contributed by atoms with E-state index in [1.165, 1.54) is 6.39 Å². The Kier molecular flexibility index (Phi) is 8.29. The number of pyridine rings is 1. The Bertz CT molecular complexity index is 803. The van der Waals surface area contributed by atoms with E-state index in [2.05, 4.69) is 15.2 Å². The second-order valence-corrected chi connectivity index (χ2v) is 4.68. The molecule has 25 heavy (non-hydrogen) atoms. The lowest BCUT2D eigenvalue weighted by Gasteiger charge is -2.09. The van der Waals surface area contributed by atoms with Gasteiger partial charge in [-0.05, 0) is 30.3 Å². The fourth-order valence-electron chi connectivity index (χ4n) is 1.92. The maximum atomic E-state index is 8.30. The summed E-state index contributed by atoms with van der Waals surface area (Å²) in [5.74, 6) is 0.372. The van der Waals surface area contributed by atoms with Crippen LogP contribution in [-0.2, 0) is 0 Å². The van der Waals surface area contributed by atoms with Crippen molar-refractivity contribution in [3.8, 4) is 11.5 Å². The molecule has 3 rings (SSSR count). The maximum Gasteiger partial charge on any atom is 0.247 e. The van der Waals surface area contributed by atoms with Gasteiger partial charge in [0.25, 0.3) is 0 Å². The first-order valence-corrected chi connectivity index (χ1v) is 8.40. The Labute approximate surface area is 152 Å². The molecule has 132 valence electrons. The summed E-state index contributed by atoms with van der Waals surface area (Å²) >= 11 is 5.86. The number of aromatic nitrogens is 3. The minimum atomic E-state index is 0.248. The molecule has 0 fully saturated rings. The van der Waals surface area contributed by atoms with Crippen LogP contribution in [0, 0.1) is 5.41 Å². The molecule has 0 unspecified atom stereocenters. The highest BCUT2D eigenvalue weighted by molar-refractivity contribution is 6.30. The summed E-state index contributed by atoms with van der Waals surface area (Å²) in [5.41, 5.74) is 8.58. The number of halogens is 1. The largest absolute Gasteiger partial charge is 0.423 e. The molecule has 0 spiro atoms. The molecule has 2 aromatic heterocycles. The summed E-state index contributed by atoms with van der Waals surface area (Å²) in [6, 6.07) is 8.51. The number of hydrogen-bond acceptors (Lipinski definition) is 6. The fraction of sp³-hybridized carbons (Fsp3) is 0.222. The van der Waals surface area contributed by atoms with Crippen molar-refractivity contribution in [3.63, 3.8) is 0 Å². The Hall–Kier alpha value is -2.73. The van der Waals surface area contributed by atoms with Gasteiger partial charge in [0.1, 0.15) is 5.15 Å². The predicted molar refractivity (Wildman–Crippen MR) is 102 cm³/mol. The van der Waals surface area contributed by atoms with E-state index in [9.17, 15) is 0 Å². The molecular weight excluding hydrogens is 338 g/mol. The molecule has 0 radical (unpaired) electrons. The van der Waals surface area contributed by atoms with E-state index in [1.807, 2.05) is 27.7 Å². The average molecular weight is 360 g/mol. The van der Waals surface area contributed by atoms with Crippen molar-refractivity contribution in [1.29, 1.82) is 5.41 Å². The number of benzene rings is 1. The van der Waals surface area contributed by atoms with E-state index >= 15 is 0 Å². The Morgan fingerprint density at radius 2 is 1.84 bits per heavy atom. The van der Waals surface area contributed by atoms with Crippen molar-refractivity contribution < 1.29 is 4.42 Å². The third-order valence-corrected chi connectivity index (χ3v) is 3.15. The molecule has 3 aromatic rings. The van der Waals surface area contributed by atoms with Crippen molar-refractivity contribution in [3.05, 3.63) is 59.2 Å². The van der Waals surface area contributed by atoms with Crippen molar-refractivity contribution >= 4 is 23.0 Å². The first-order valence-electron chi connectivity index (χ1n) is 8.02. The molecule has 0 aliphatic heterocycles. The summed E-state index contributed by atoms with van der Waals surface area (Å²) in [5, 5.41) is 16.1. The van der Waals surface area contributed by atoms with E-state index in [4.69, 9.17) is 27.2 Å². The van der Waals surface area contributed by atoms with Gasteiger partial charge in [-0.15, -0.1) is 10.2 Å². The zero-order chi connectivity index (χ0) is 18.8. The highest BCUT2D eigenvalue weighted by Gasteiger charge is 2.12. The van der Waals surface area contributed by atoms with Crippen LogP contribution >= 0.6 is 11.6 Å². The van der Waals surface area contributed by atoms with E-state index in [0.29, 0.717) is 33.4 Å². The van der Waals surface area contributed by atoms with Crippen LogP contribution in [0.25, 0.3) is 11.5 Å². The molecule has 0 aliphatic rings. The molecule has 0 atom stereocenters. The van der Waals surface area contributed by atoms with Gasteiger partial charge >= 0.3 is 0 Å². The normalized spacial score (nSPS) is 9.32. The van der Waals surface area contributed by atoms with Crippen LogP contribution in [0.3, 0.4) is 0 Å². The Morgan fingerprint density at radius 1 is 1.12 bits per heavy atom. The molecular formula is C18H22ClN5O. The second kappa shape index (κ2) is 10.2. The number of nitrogens with two attached hydrogens (primary N) is 1. The Morgan fingerprint density at radius 3 is 2.44 bits per heavy atom. The molecule has 3 N–H and O–H groups in total. The third kappa shape index (κ3) is 5.12. The number of hydrogen-bond donors (Lipinski definition) is 2. The summed E-state index contributed by atoms with van der Waals surface area (Å²) in [4.78, 5) is 3.90. The smallest absolute Gasteiger partial charge is 0.247 e. The van der Waals surface area contributed by atoms with Gasteiger partial charge in [-0.3, -0.25) is 5.41 Å². The van der Waals surface area contributed by atoms with Gasteiger partial charge in [-0.25, -0.2) is 4.98 Å². The van der Waals surface area contributed by atoms with E-state index in [-0.39, 0.29) is 5.71 Å². The Balaban J connectivity index is 0.000000730. The minimum Gasteiger partial charge on any atom is -0.423 e. The summed E-state index contributed by atoms with van der Waals surface area (Å²) in [6.07, 6.45) is 2.80. The topological polar surface area (TPSA) is 102 Å². The summed E-state index contributed by atoms with van der Waals surface area (Å²) < 4.78 is 5.15. The molecule has 0 bridgehead atoms. The predicted octanol–water partition coefficient (Wildman–Crippen LogP) is 4.84. The van der Waals surface area contributed by atoms with Crippen molar-refractivity contribution in [2.75, 3.05) is 5.73 Å². The fourth-order valence-corrected chi connectivity index (χ4v) is 2.09. The maximum absolute atomic E-state index is 8.30. The lowest BCUT2D eigenvalue weighted by Crippen LogP contribution is -2.06. The van der Waals surface area contributed by atoms with Gasteiger partial charge in [0.15, 0.2) is 0 Å². The zero-order valence-corrected chi connectivity index (χ0v) is 15.5. The van der Waals surface area contributed by atoms with Crippen LogP contribution < -0.4 is 5.73 Å². The number of nitrogens with one attached hydrogen (secondary N) is 1. The van der Waals surface area contributed by atoms with Crippen LogP contribution in [-0.4, -0.2) is 20.9 Å². The average Bonchev–Trinajstić information content (AvgIpc) is 3.20. The highest BCUT2D eigenvalue weighted by Crippen LogP contribution is 2.24.